The number of piperidine rings is 1. The standard InChI is InChI=1S/C17H21NO2/c19-16-4-1-3-13-11-14(5-6-15(13)16)20-17-7-2-9-18(12-17)10-8-17/h5-6,11H,1-4,7-10,12H2. The summed E-state index contributed by atoms with van der Waals surface area (Å²) in [5.41, 5.74) is 2.13. The molecule has 1 aromatic carbocycles. The Morgan fingerprint density at radius 1 is 1.10 bits per heavy atom. The van der Waals surface area contributed by atoms with E-state index in [0.717, 1.165) is 37.1 Å². The molecule has 4 rings (SSSR count). The maximum atomic E-state index is 11.9. The molecule has 0 amide bonds. The van der Waals surface area contributed by atoms with Gasteiger partial charge in [0, 0.05) is 31.5 Å². The van der Waals surface area contributed by atoms with Crippen molar-refractivity contribution in [3.8, 4) is 5.75 Å². The molecule has 2 fully saturated rings. The van der Waals surface area contributed by atoms with Crippen molar-refractivity contribution in [3.05, 3.63) is 29.3 Å². The van der Waals surface area contributed by atoms with Crippen LogP contribution in [0.1, 0.15) is 48.0 Å². The summed E-state index contributed by atoms with van der Waals surface area (Å²) in [6.45, 7) is 3.47. The fraction of sp³-hybridized carbons (Fsp3) is 0.588. The van der Waals surface area contributed by atoms with E-state index < -0.39 is 0 Å². The molecule has 2 heterocycles. The lowest BCUT2D eigenvalue weighted by atomic mass is 9.90. The predicted molar refractivity (Wildman–Crippen MR) is 77.4 cm³/mol. The van der Waals surface area contributed by atoms with Gasteiger partial charge in [0.15, 0.2) is 5.78 Å². The smallest absolute Gasteiger partial charge is 0.163 e. The second-order valence-corrected chi connectivity index (χ2v) is 6.51. The zero-order valence-electron chi connectivity index (χ0n) is 11.9. The first-order chi connectivity index (χ1) is 9.74. The van der Waals surface area contributed by atoms with E-state index in [1.54, 1.807) is 0 Å². The number of benzene rings is 1. The van der Waals surface area contributed by atoms with Gasteiger partial charge < -0.3 is 4.74 Å². The van der Waals surface area contributed by atoms with Crippen molar-refractivity contribution in [2.45, 2.75) is 44.1 Å². The van der Waals surface area contributed by atoms with Gasteiger partial charge >= 0.3 is 0 Å². The minimum Gasteiger partial charge on any atom is -0.486 e. The molecule has 2 atom stereocenters. The quantitative estimate of drug-likeness (QED) is 0.828. The van der Waals surface area contributed by atoms with Crippen LogP contribution in [0.3, 0.4) is 0 Å². The number of carbonyl (C=O) groups is 1. The van der Waals surface area contributed by atoms with Gasteiger partial charge in [0.2, 0.25) is 0 Å². The van der Waals surface area contributed by atoms with Crippen molar-refractivity contribution in [2.75, 3.05) is 19.6 Å². The molecular formula is C17H21NO2. The van der Waals surface area contributed by atoms with Crippen LogP contribution >= 0.6 is 0 Å². The van der Waals surface area contributed by atoms with Gasteiger partial charge in [-0.05, 0) is 56.0 Å². The van der Waals surface area contributed by atoms with Crippen LogP contribution < -0.4 is 4.74 Å². The average molecular weight is 271 g/mol. The van der Waals surface area contributed by atoms with E-state index in [1.807, 2.05) is 12.1 Å². The number of carbonyl (C=O) groups excluding carboxylic acids is 1. The molecule has 0 aromatic heterocycles. The Balaban J connectivity index is 1.59. The second-order valence-electron chi connectivity index (χ2n) is 6.51. The summed E-state index contributed by atoms with van der Waals surface area (Å²) >= 11 is 0. The fourth-order valence-corrected chi connectivity index (χ4v) is 4.02. The molecule has 3 heteroatoms. The summed E-state index contributed by atoms with van der Waals surface area (Å²) in [6, 6.07) is 6.07. The Morgan fingerprint density at radius 2 is 2.05 bits per heavy atom. The van der Waals surface area contributed by atoms with E-state index in [0.29, 0.717) is 12.2 Å². The summed E-state index contributed by atoms with van der Waals surface area (Å²) in [5, 5.41) is 0. The van der Waals surface area contributed by atoms with Gasteiger partial charge in [-0.1, -0.05) is 0 Å². The van der Waals surface area contributed by atoms with Crippen molar-refractivity contribution in [3.63, 3.8) is 0 Å². The number of Topliss-reactive ketones (excluding diaryl/α,β-unsaturated/α-hetero) is 1. The predicted octanol–water partition coefficient (Wildman–Crippen LogP) is 2.82. The first-order valence-corrected chi connectivity index (χ1v) is 7.82. The number of aryl methyl sites for hydroxylation is 1. The first kappa shape index (κ1) is 12.4. The van der Waals surface area contributed by atoms with E-state index >= 15 is 0 Å². The largest absolute Gasteiger partial charge is 0.486 e. The van der Waals surface area contributed by atoms with Gasteiger partial charge in [-0.3, -0.25) is 9.69 Å². The van der Waals surface area contributed by atoms with Gasteiger partial charge in [0.25, 0.3) is 0 Å². The molecule has 3 nitrogen and oxygen atoms in total. The molecule has 1 aliphatic carbocycles. The van der Waals surface area contributed by atoms with E-state index in [-0.39, 0.29) is 5.60 Å². The van der Waals surface area contributed by atoms with Gasteiger partial charge in [0.1, 0.15) is 11.4 Å². The molecule has 0 spiro atoms. The van der Waals surface area contributed by atoms with E-state index in [1.165, 1.54) is 31.5 Å². The highest BCUT2D eigenvalue weighted by molar-refractivity contribution is 5.98. The Bertz CT molecular complexity index is 550. The van der Waals surface area contributed by atoms with Gasteiger partial charge in [-0.15, -0.1) is 0 Å². The third-order valence-corrected chi connectivity index (χ3v) is 5.06. The lowest BCUT2D eigenvalue weighted by Crippen LogP contribution is -2.43. The molecule has 0 N–H and O–H groups in total. The van der Waals surface area contributed by atoms with Crippen molar-refractivity contribution >= 4 is 5.78 Å². The molecule has 0 saturated carbocycles. The highest BCUT2D eigenvalue weighted by Gasteiger charge is 2.42. The van der Waals surface area contributed by atoms with E-state index in [2.05, 4.69) is 11.0 Å². The molecular weight excluding hydrogens is 250 g/mol. The Labute approximate surface area is 119 Å². The third-order valence-electron chi connectivity index (χ3n) is 5.06. The van der Waals surface area contributed by atoms with Gasteiger partial charge in [-0.25, -0.2) is 0 Å². The summed E-state index contributed by atoms with van der Waals surface area (Å²) < 4.78 is 6.38. The number of hydrogen-bond donors (Lipinski definition) is 0. The van der Waals surface area contributed by atoms with E-state index in [4.69, 9.17) is 4.74 Å². The summed E-state index contributed by atoms with van der Waals surface area (Å²) in [5.74, 6) is 1.25. The van der Waals surface area contributed by atoms with Crippen LogP contribution in [0.2, 0.25) is 0 Å². The van der Waals surface area contributed by atoms with Crippen LogP contribution in [0.5, 0.6) is 5.75 Å². The SMILES string of the molecule is O=C1CCCc2cc(OC34CCCN(CC3)C4)ccc21. The highest BCUT2D eigenvalue weighted by Crippen LogP contribution is 2.36. The van der Waals surface area contributed by atoms with Crippen LogP contribution in [-0.4, -0.2) is 35.9 Å². The number of rotatable bonds is 2. The van der Waals surface area contributed by atoms with Crippen molar-refractivity contribution in [1.82, 2.24) is 4.90 Å². The van der Waals surface area contributed by atoms with Crippen LogP contribution in [0, 0.1) is 0 Å². The minimum atomic E-state index is 0.0329. The summed E-state index contributed by atoms with van der Waals surface area (Å²) in [6.07, 6.45) is 6.24. The molecule has 2 aliphatic heterocycles. The lowest BCUT2D eigenvalue weighted by molar-refractivity contribution is 0.0452. The van der Waals surface area contributed by atoms with Crippen LogP contribution in [0.4, 0.5) is 0 Å². The van der Waals surface area contributed by atoms with Crippen LogP contribution in [0.15, 0.2) is 18.2 Å². The van der Waals surface area contributed by atoms with Crippen molar-refractivity contribution < 1.29 is 9.53 Å². The molecule has 2 bridgehead atoms. The zero-order valence-corrected chi connectivity index (χ0v) is 11.9. The van der Waals surface area contributed by atoms with Gasteiger partial charge in [0.05, 0.1) is 0 Å². The lowest BCUT2D eigenvalue weighted by Gasteiger charge is -2.34. The Morgan fingerprint density at radius 3 is 3.00 bits per heavy atom. The summed E-state index contributed by atoms with van der Waals surface area (Å²) in [7, 11) is 0. The molecule has 106 valence electrons. The summed E-state index contributed by atoms with van der Waals surface area (Å²) in [4.78, 5) is 14.4. The van der Waals surface area contributed by atoms with Gasteiger partial charge in [-0.2, -0.15) is 0 Å². The molecule has 2 unspecified atom stereocenters. The number of ether oxygens (including phenoxy) is 1. The molecule has 3 aliphatic rings. The van der Waals surface area contributed by atoms with Crippen molar-refractivity contribution in [1.29, 1.82) is 0 Å². The van der Waals surface area contributed by atoms with Crippen molar-refractivity contribution in [2.24, 2.45) is 0 Å². The maximum Gasteiger partial charge on any atom is 0.163 e. The van der Waals surface area contributed by atoms with E-state index in [9.17, 15) is 4.79 Å². The number of ketones is 1. The molecule has 2 saturated heterocycles. The second kappa shape index (κ2) is 4.59. The van der Waals surface area contributed by atoms with Crippen LogP contribution in [-0.2, 0) is 6.42 Å². The normalized spacial score (nSPS) is 32.0. The number of fused-ring (bicyclic) bond motifs is 3. The Hall–Kier alpha value is -1.35. The molecule has 1 aromatic rings. The number of hydrogen-bond acceptors (Lipinski definition) is 3. The number of nitrogens with zero attached hydrogens (tertiary/aromatic N) is 1. The average Bonchev–Trinajstić information content (AvgIpc) is 2.73. The first-order valence-electron chi connectivity index (χ1n) is 7.82. The zero-order chi connectivity index (χ0) is 13.6. The molecule has 20 heavy (non-hydrogen) atoms. The third kappa shape index (κ3) is 2.05. The monoisotopic (exact) mass is 271 g/mol. The van der Waals surface area contributed by atoms with Crippen LogP contribution in [0.25, 0.3) is 0 Å². The highest BCUT2D eigenvalue weighted by atomic mass is 16.5. The molecule has 0 radical (unpaired) electrons. The topological polar surface area (TPSA) is 29.5 Å². The Kier molecular flexibility index (Phi) is 2.84. The maximum absolute atomic E-state index is 11.9. The minimum absolute atomic E-state index is 0.0329. The fourth-order valence-electron chi connectivity index (χ4n) is 4.02.